The van der Waals surface area contributed by atoms with E-state index in [1.165, 1.54) is 30.3 Å². The van der Waals surface area contributed by atoms with E-state index in [4.69, 9.17) is 0 Å². The van der Waals surface area contributed by atoms with Crippen molar-refractivity contribution in [3.8, 4) is 11.6 Å². The van der Waals surface area contributed by atoms with Gasteiger partial charge in [0.2, 0.25) is 5.88 Å². The van der Waals surface area contributed by atoms with Gasteiger partial charge in [-0.1, -0.05) is 24.3 Å². The Morgan fingerprint density at radius 2 is 1.62 bits per heavy atom. The van der Waals surface area contributed by atoms with Crippen molar-refractivity contribution in [3.05, 3.63) is 88.2 Å². The zero-order valence-electron chi connectivity index (χ0n) is 20.4. The van der Waals surface area contributed by atoms with Gasteiger partial charge in [-0.2, -0.15) is 26.3 Å². The Hall–Kier alpha value is -4.33. The van der Waals surface area contributed by atoms with Crippen molar-refractivity contribution in [3.63, 3.8) is 0 Å². The van der Waals surface area contributed by atoms with Gasteiger partial charge in [-0.25, -0.2) is 13.0 Å². The van der Waals surface area contributed by atoms with Crippen molar-refractivity contribution < 1.29 is 39.9 Å². The molecule has 0 atom stereocenters. The Kier molecular flexibility index (Phi) is 7.41. The third kappa shape index (κ3) is 5.26. The highest BCUT2D eigenvalue weighted by Gasteiger charge is 2.47. The van der Waals surface area contributed by atoms with Crippen LogP contribution in [0.1, 0.15) is 18.1 Å². The van der Waals surface area contributed by atoms with Crippen LogP contribution in [0.5, 0.6) is 5.88 Å². The lowest BCUT2D eigenvalue weighted by atomic mass is 10.1. The van der Waals surface area contributed by atoms with Crippen LogP contribution in [0.25, 0.3) is 16.5 Å². The molecule has 14 heteroatoms. The molecule has 2 N–H and O–H groups in total. The van der Waals surface area contributed by atoms with Crippen LogP contribution in [0.15, 0.2) is 81.4 Å². The highest BCUT2D eigenvalue weighted by molar-refractivity contribution is 7.92. The van der Waals surface area contributed by atoms with Crippen molar-refractivity contribution in [1.29, 1.82) is 0 Å². The summed E-state index contributed by atoms with van der Waals surface area (Å²) in [4.78, 5) is 16.3. The van der Waals surface area contributed by atoms with Crippen LogP contribution in [0, 0.1) is 0 Å². The molecule has 0 bridgehead atoms. The van der Waals surface area contributed by atoms with Crippen molar-refractivity contribution in [1.82, 2.24) is 4.57 Å². The summed E-state index contributed by atoms with van der Waals surface area (Å²) in [5.41, 5.74) is -8.01. The molecule has 1 heterocycles. The molecule has 0 spiro atoms. The van der Waals surface area contributed by atoms with Crippen molar-refractivity contribution in [2.24, 2.45) is 4.99 Å². The average Bonchev–Trinajstić information content (AvgIpc) is 2.88. The third-order valence-corrected chi connectivity index (χ3v) is 7.30. The number of hydrogen-bond acceptors (Lipinski definition) is 6. The fourth-order valence-electron chi connectivity index (χ4n) is 3.94. The van der Waals surface area contributed by atoms with Gasteiger partial charge >= 0.3 is 11.7 Å². The fourth-order valence-corrected chi connectivity index (χ4v) is 4.72. The first kappa shape index (κ1) is 28.7. The number of pyridine rings is 1. The monoisotopic (exact) mass is 583 g/mol. The molecule has 210 valence electrons. The second-order valence-corrected chi connectivity index (χ2v) is 10.3. The van der Waals surface area contributed by atoms with Crippen LogP contribution >= 0.6 is 0 Å². The number of alkyl halides is 6. The van der Waals surface area contributed by atoms with E-state index in [1.54, 1.807) is 6.92 Å². The molecule has 0 aliphatic carbocycles. The Bertz CT molecular complexity index is 1800. The maximum absolute atomic E-state index is 13.3. The maximum Gasteiger partial charge on any atom is 0.501 e. The molecule has 0 radical (unpaired) electrons. The lowest BCUT2D eigenvalue weighted by molar-refractivity contribution is -0.137. The van der Waals surface area contributed by atoms with Gasteiger partial charge in [0.15, 0.2) is 0 Å². The first-order valence-electron chi connectivity index (χ1n) is 11.4. The summed E-state index contributed by atoms with van der Waals surface area (Å²) in [6, 6.07) is 12.1. The summed E-state index contributed by atoms with van der Waals surface area (Å²) in [5.74, 6) is -0.796. The molecule has 1 aromatic heterocycles. The Morgan fingerprint density at radius 1 is 0.950 bits per heavy atom. The topological polar surface area (TPSA) is 101 Å². The summed E-state index contributed by atoms with van der Waals surface area (Å²) in [6.07, 6.45) is -3.75. The van der Waals surface area contributed by atoms with E-state index in [1.807, 2.05) is 0 Å². The van der Waals surface area contributed by atoms with Gasteiger partial charge in [-0.15, -0.1) is 0 Å². The molecular weight excluding hydrogens is 564 g/mol. The van der Waals surface area contributed by atoms with Crippen LogP contribution < -0.4 is 10.9 Å². The minimum atomic E-state index is -5.71. The van der Waals surface area contributed by atoms with Gasteiger partial charge in [-0.3, -0.25) is 9.79 Å². The molecular formula is C26H19F6N3O4S. The number of benzene rings is 3. The predicted molar refractivity (Wildman–Crippen MR) is 137 cm³/mol. The number of aliphatic imine (C=N–C) groups is 1. The number of aromatic nitrogens is 1. The summed E-state index contributed by atoms with van der Waals surface area (Å²) >= 11 is 0. The van der Waals surface area contributed by atoms with Gasteiger partial charge in [0.05, 0.1) is 33.1 Å². The summed E-state index contributed by atoms with van der Waals surface area (Å²) < 4.78 is 104. The molecule has 4 rings (SSSR count). The Morgan fingerprint density at radius 3 is 2.25 bits per heavy atom. The number of nitrogens with zero attached hydrogens (tertiary/aromatic N) is 2. The highest BCUT2D eigenvalue weighted by Crippen LogP contribution is 2.36. The quantitative estimate of drug-likeness (QED) is 0.208. The molecule has 0 unspecified atom stereocenters. The van der Waals surface area contributed by atoms with E-state index in [9.17, 15) is 44.7 Å². The van der Waals surface area contributed by atoms with Crippen LogP contribution in [0.4, 0.5) is 37.7 Å². The van der Waals surface area contributed by atoms with Gasteiger partial charge < -0.3 is 10.4 Å². The molecule has 3 aromatic carbocycles. The molecule has 0 fully saturated rings. The standard InChI is InChI=1S/C26H19F6N3O4S/c1-2-33-21-11-10-17(40(38,39)26(30,31)32)13-22(21)34-14-20-18-8-3-4-9-19(18)23(36)35(24(20)37)16-7-5-6-15(12-16)25(27,28)29/h3-14,33,37H,2H2,1H3. The van der Waals surface area contributed by atoms with Crippen molar-refractivity contribution >= 4 is 38.2 Å². The number of anilines is 1. The molecule has 0 saturated carbocycles. The average molecular weight is 584 g/mol. The Balaban J connectivity index is 1.96. The minimum absolute atomic E-state index is 0.000492. The van der Waals surface area contributed by atoms with Crippen LogP contribution in [0.2, 0.25) is 0 Å². The summed E-state index contributed by atoms with van der Waals surface area (Å²) in [7, 11) is -5.71. The largest absolute Gasteiger partial charge is 0.501 e. The first-order valence-corrected chi connectivity index (χ1v) is 12.9. The number of hydrogen-bond donors (Lipinski definition) is 2. The van der Waals surface area contributed by atoms with Crippen LogP contribution in [-0.4, -0.2) is 36.4 Å². The zero-order valence-corrected chi connectivity index (χ0v) is 21.2. The number of nitrogens with one attached hydrogen (secondary N) is 1. The molecule has 40 heavy (non-hydrogen) atoms. The van der Waals surface area contributed by atoms with E-state index in [0.717, 1.165) is 30.5 Å². The lowest BCUT2D eigenvalue weighted by Gasteiger charge is -2.15. The molecule has 0 aliphatic rings. The van der Waals surface area contributed by atoms with Gasteiger partial charge in [0, 0.05) is 23.5 Å². The smallest absolute Gasteiger partial charge is 0.494 e. The van der Waals surface area contributed by atoms with Gasteiger partial charge in [0.1, 0.15) is 0 Å². The summed E-state index contributed by atoms with van der Waals surface area (Å²) in [6.45, 7) is 1.97. The van der Waals surface area contributed by atoms with E-state index < -0.39 is 43.4 Å². The molecule has 7 nitrogen and oxygen atoms in total. The third-order valence-electron chi connectivity index (χ3n) is 5.82. The molecule has 0 amide bonds. The highest BCUT2D eigenvalue weighted by atomic mass is 32.2. The predicted octanol–water partition coefficient (Wildman–Crippen LogP) is 6.19. The fraction of sp³-hybridized carbons (Fsp3) is 0.154. The number of rotatable bonds is 6. The van der Waals surface area contributed by atoms with Crippen molar-refractivity contribution in [2.75, 3.05) is 11.9 Å². The maximum atomic E-state index is 13.3. The normalized spacial score (nSPS) is 12.8. The van der Waals surface area contributed by atoms with Crippen LogP contribution in [-0.2, 0) is 16.0 Å². The van der Waals surface area contributed by atoms with Crippen LogP contribution in [0.3, 0.4) is 0 Å². The second kappa shape index (κ2) is 10.3. The second-order valence-electron chi connectivity index (χ2n) is 8.39. The minimum Gasteiger partial charge on any atom is -0.494 e. The van der Waals surface area contributed by atoms with Gasteiger partial charge in [-0.05, 0) is 49.4 Å². The number of halogens is 6. The van der Waals surface area contributed by atoms with Gasteiger partial charge in [0.25, 0.3) is 15.4 Å². The summed E-state index contributed by atoms with van der Waals surface area (Å²) in [5, 5.41) is 14.1. The Labute approximate surface area is 223 Å². The van der Waals surface area contributed by atoms with E-state index in [-0.39, 0.29) is 33.4 Å². The zero-order chi connectivity index (χ0) is 29.5. The number of aromatic hydroxyl groups is 1. The number of fused-ring (bicyclic) bond motifs is 1. The molecule has 4 aromatic rings. The van der Waals surface area contributed by atoms with E-state index in [2.05, 4.69) is 10.3 Å². The van der Waals surface area contributed by atoms with E-state index in [0.29, 0.717) is 23.2 Å². The number of sulfone groups is 1. The van der Waals surface area contributed by atoms with Crippen molar-refractivity contribution in [2.45, 2.75) is 23.5 Å². The lowest BCUT2D eigenvalue weighted by Crippen LogP contribution is -2.23. The SMILES string of the molecule is CCNc1ccc(S(=O)(=O)C(F)(F)F)cc1N=Cc1c(O)n(-c2cccc(C(F)(F)F)c2)c(=O)c2ccccc12. The first-order chi connectivity index (χ1) is 18.7. The molecule has 0 saturated heterocycles. The molecule has 0 aliphatic heterocycles. The van der Waals surface area contributed by atoms with E-state index >= 15 is 0 Å².